The molecule has 0 saturated carbocycles. The number of carbonyl (C=O) groups is 1. The second-order valence-corrected chi connectivity index (χ2v) is 7.51. The molecule has 1 amide bonds. The number of nitrogens with zero attached hydrogens (tertiary/aromatic N) is 1. The van der Waals surface area contributed by atoms with E-state index in [1.807, 2.05) is 51.4 Å². The van der Waals surface area contributed by atoms with Crippen LogP contribution in [0, 0.1) is 6.92 Å². The molecule has 0 heterocycles. The quantitative estimate of drug-likeness (QED) is 0.655. The Morgan fingerprint density at radius 3 is 2.38 bits per heavy atom. The van der Waals surface area contributed by atoms with Gasteiger partial charge >= 0.3 is 0 Å². The van der Waals surface area contributed by atoms with Crippen LogP contribution in [0.25, 0.3) is 0 Å². The van der Waals surface area contributed by atoms with Crippen LogP contribution in [0.5, 0.6) is 11.5 Å². The van der Waals surface area contributed by atoms with Crippen molar-refractivity contribution in [3.63, 3.8) is 0 Å². The number of rotatable bonds is 9. The highest BCUT2D eigenvalue weighted by Crippen LogP contribution is 2.28. The van der Waals surface area contributed by atoms with E-state index in [2.05, 4.69) is 36.2 Å². The SMILES string of the molecule is COc1ccccc1C(CNC(=O)COc1cc(C)ccc1C(C)C)N(C)C.Cl. The van der Waals surface area contributed by atoms with Crippen LogP contribution in [0.15, 0.2) is 42.5 Å². The first-order chi connectivity index (χ1) is 13.3. The molecule has 5 nitrogen and oxygen atoms in total. The standard InChI is InChI=1S/C23H32N2O3.ClH/c1-16(2)18-12-11-17(3)13-22(18)28-15-23(26)24-14-20(25(4)5)19-9-7-8-10-21(19)27-6;/h7-13,16,20H,14-15H2,1-6H3,(H,24,26);1H. The van der Waals surface area contributed by atoms with Gasteiger partial charge in [0.1, 0.15) is 11.5 Å². The maximum absolute atomic E-state index is 12.4. The monoisotopic (exact) mass is 420 g/mol. The summed E-state index contributed by atoms with van der Waals surface area (Å²) in [4.78, 5) is 14.5. The first-order valence-corrected chi connectivity index (χ1v) is 9.62. The molecule has 1 unspecified atom stereocenters. The van der Waals surface area contributed by atoms with Gasteiger partial charge in [-0.3, -0.25) is 4.79 Å². The van der Waals surface area contributed by atoms with Crippen molar-refractivity contribution >= 4 is 18.3 Å². The molecule has 0 bridgehead atoms. The van der Waals surface area contributed by atoms with Crippen molar-refractivity contribution in [2.45, 2.75) is 32.7 Å². The Bertz CT molecular complexity index is 793. The Balaban J connectivity index is 0.00000420. The van der Waals surface area contributed by atoms with Crippen LogP contribution in [-0.4, -0.2) is 45.2 Å². The lowest BCUT2D eigenvalue weighted by Crippen LogP contribution is -2.37. The number of ether oxygens (including phenoxy) is 2. The molecule has 0 saturated heterocycles. The molecule has 0 aliphatic heterocycles. The molecular formula is C23H33ClN2O3. The molecule has 2 rings (SSSR count). The van der Waals surface area contributed by atoms with Crippen LogP contribution in [0.3, 0.4) is 0 Å². The van der Waals surface area contributed by atoms with Crippen LogP contribution in [-0.2, 0) is 4.79 Å². The van der Waals surface area contributed by atoms with Crippen molar-refractivity contribution < 1.29 is 14.3 Å². The van der Waals surface area contributed by atoms with E-state index >= 15 is 0 Å². The minimum Gasteiger partial charge on any atom is -0.496 e. The summed E-state index contributed by atoms with van der Waals surface area (Å²) in [7, 11) is 5.63. The molecule has 1 N–H and O–H groups in total. The van der Waals surface area contributed by atoms with Gasteiger partial charge in [-0.05, 0) is 50.2 Å². The van der Waals surface area contributed by atoms with Gasteiger partial charge in [0.15, 0.2) is 6.61 Å². The third-order valence-corrected chi connectivity index (χ3v) is 4.76. The van der Waals surface area contributed by atoms with Crippen LogP contribution in [0.2, 0.25) is 0 Å². The van der Waals surface area contributed by atoms with Gasteiger partial charge in [-0.2, -0.15) is 0 Å². The molecule has 0 aliphatic carbocycles. The highest BCUT2D eigenvalue weighted by Gasteiger charge is 2.19. The van der Waals surface area contributed by atoms with E-state index in [0.29, 0.717) is 12.5 Å². The number of likely N-dealkylation sites (N-methyl/N-ethyl adjacent to an activating group) is 1. The summed E-state index contributed by atoms with van der Waals surface area (Å²) in [5.41, 5.74) is 3.26. The average molecular weight is 421 g/mol. The van der Waals surface area contributed by atoms with Crippen molar-refractivity contribution in [1.29, 1.82) is 0 Å². The van der Waals surface area contributed by atoms with Gasteiger partial charge < -0.3 is 19.7 Å². The number of benzene rings is 2. The van der Waals surface area contributed by atoms with Crippen LogP contribution >= 0.6 is 12.4 Å². The van der Waals surface area contributed by atoms with E-state index in [0.717, 1.165) is 28.2 Å². The molecule has 0 aromatic heterocycles. The van der Waals surface area contributed by atoms with E-state index in [4.69, 9.17) is 9.47 Å². The van der Waals surface area contributed by atoms with Gasteiger partial charge in [0.05, 0.1) is 13.2 Å². The number of hydrogen-bond donors (Lipinski definition) is 1. The fraction of sp³-hybridized carbons (Fsp3) is 0.435. The minimum absolute atomic E-state index is 0. The van der Waals surface area contributed by atoms with E-state index in [1.165, 1.54) is 0 Å². The van der Waals surface area contributed by atoms with E-state index in [-0.39, 0.29) is 31.0 Å². The summed E-state index contributed by atoms with van der Waals surface area (Å²) in [6, 6.07) is 14.0. The van der Waals surface area contributed by atoms with Crippen LogP contribution < -0.4 is 14.8 Å². The van der Waals surface area contributed by atoms with Gasteiger partial charge in [-0.25, -0.2) is 0 Å². The Morgan fingerprint density at radius 2 is 1.76 bits per heavy atom. The lowest BCUT2D eigenvalue weighted by Gasteiger charge is -2.26. The Hall–Kier alpha value is -2.24. The lowest BCUT2D eigenvalue weighted by atomic mass is 10.0. The Labute approximate surface area is 180 Å². The molecule has 0 aliphatic rings. The highest BCUT2D eigenvalue weighted by molar-refractivity contribution is 5.85. The number of nitrogens with one attached hydrogen (secondary N) is 1. The summed E-state index contributed by atoms with van der Waals surface area (Å²) in [6.45, 7) is 6.72. The number of halogens is 1. The number of aryl methyl sites for hydroxylation is 1. The Morgan fingerprint density at radius 1 is 1.07 bits per heavy atom. The molecule has 2 aromatic rings. The second kappa shape index (κ2) is 11.7. The fourth-order valence-electron chi connectivity index (χ4n) is 3.16. The molecule has 0 radical (unpaired) electrons. The zero-order chi connectivity index (χ0) is 20.7. The molecular weight excluding hydrogens is 388 g/mol. The predicted molar refractivity (Wildman–Crippen MR) is 120 cm³/mol. The van der Waals surface area contributed by atoms with Crippen molar-refractivity contribution in [3.05, 3.63) is 59.2 Å². The molecule has 2 aromatic carbocycles. The lowest BCUT2D eigenvalue weighted by molar-refractivity contribution is -0.123. The largest absolute Gasteiger partial charge is 0.496 e. The molecule has 0 fully saturated rings. The molecule has 29 heavy (non-hydrogen) atoms. The maximum Gasteiger partial charge on any atom is 0.258 e. The fourth-order valence-corrected chi connectivity index (χ4v) is 3.16. The van der Waals surface area contributed by atoms with E-state index in [1.54, 1.807) is 7.11 Å². The molecule has 6 heteroatoms. The van der Waals surface area contributed by atoms with Gasteiger partial charge in [0.25, 0.3) is 5.91 Å². The normalized spacial score (nSPS) is 11.7. The summed E-state index contributed by atoms with van der Waals surface area (Å²) < 4.78 is 11.3. The third kappa shape index (κ3) is 6.94. The molecule has 160 valence electrons. The van der Waals surface area contributed by atoms with E-state index in [9.17, 15) is 4.79 Å². The first-order valence-electron chi connectivity index (χ1n) is 9.62. The average Bonchev–Trinajstić information content (AvgIpc) is 2.66. The second-order valence-electron chi connectivity index (χ2n) is 7.51. The smallest absolute Gasteiger partial charge is 0.258 e. The summed E-state index contributed by atoms with van der Waals surface area (Å²) in [6.07, 6.45) is 0. The molecule has 1 atom stereocenters. The summed E-state index contributed by atoms with van der Waals surface area (Å²) in [5.74, 6) is 1.78. The van der Waals surface area contributed by atoms with Gasteiger partial charge in [0.2, 0.25) is 0 Å². The highest BCUT2D eigenvalue weighted by atomic mass is 35.5. The minimum atomic E-state index is -0.141. The third-order valence-electron chi connectivity index (χ3n) is 4.76. The maximum atomic E-state index is 12.4. The van der Waals surface area contributed by atoms with Crippen LogP contribution in [0.1, 0.15) is 42.5 Å². The van der Waals surface area contributed by atoms with Crippen LogP contribution in [0.4, 0.5) is 0 Å². The zero-order valence-corrected chi connectivity index (χ0v) is 19.0. The first kappa shape index (κ1) is 24.8. The number of methoxy groups -OCH3 is 1. The van der Waals surface area contributed by atoms with Gasteiger partial charge in [-0.15, -0.1) is 12.4 Å². The van der Waals surface area contributed by atoms with Crippen molar-refractivity contribution in [1.82, 2.24) is 10.2 Å². The zero-order valence-electron chi connectivity index (χ0n) is 18.2. The van der Waals surface area contributed by atoms with Crippen molar-refractivity contribution in [3.8, 4) is 11.5 Å². The van der Waals surface area contributed by atoms with Gasteiger partial charge in [-0.1, -0.05) is 44.2 Å². The van der Waals surface area contributed by atoms with Crippen molar-refractivity contribution in [2.24, 2.45) is 0 Å². The molecule has 0 spiro atoms. The predicted octanol–water partition coefficient (Wildman–Crippen LogP) is 4.35. The number of carbonyl (C=O) groups excluding carboxylic acids is 1. The number of hydrogen-bond acceptors (Lipinski definition) is 4. The van der Waals surface area contributed by atoms with E-state index < -0.39 is 0 Å². The Kier molecular flexibility index (Phi) is 9.99. The topological polar surface area (TPSA) is 50.8 Å². The number of amides is 1. The summed E-state index contributed by atoms with van der Waals surface area (Å²) >= 11 is 0. The van der Waals surface area contributed by atoms with Crippen molar-refractivity contribution in [2.75, 3.05) is 34.4 Å². The van der Waals surface area contributed by atoms with Gasteiger partial charge in [0, 0.05) is 12.1 Å². The number of para-hydroxylation sites is 1. The summed E-state index contributed by atoms with van der Waals surface area (Å²) in [5, 5.41) is 2.99.